The number of nitrogens with one attached hydrogen (secondary N) is 1. The molecule has 13 heavy (non-hydrogen) atoms. The highest BCUT2D eigenvalue weighted by Crippen LogP contribution is 2.19. The van der Waals surface area contributed by atoms with Gasteiger partial charge in [0.25, 0.3) is 10.0 Å². The fourth-order valence-corrected chi connectivity index (χ4v) is 1.84. The van der Waals surface area contributed by atoms with Crippen molar-refractivity contribution in [3.8, 4) is 5.75 Å². The van der Waals surface area contributed by atoms with Gasteiger partial charge >= 0.3 is 0 Å². The highest BCUT2D eigenvalue weighted by Gasteiger charge is 2.14. The van der Waals surface area contributed by atoms with Crippen molar-refractivity contribution in [2.45, 2.75) is 11.8 Å². The Morgan fingerprint density at radius 2 is 2.08 bits per heavy atom. The summed E-state index contributed by atoms with van der Waals surface area (Å²) in [5.74, 6) is 4.73. The number of sulfonamides is 1. The van der Waals surface area contributed by atoms with E-state index >= 15 is 0 Å². The molecular formula is C7H10N2O3S. The van der Waals surface area contributed by atoms with Crippen molar-refractivity contribution in [1.82, 2.24) is 4.83 Å². The third kappa shape index (κ3) is 1.97. The Balaban J connectivity index is 3.38. The molecule has 5 nitrogen and oxygen atoms in total. The van der Waals surface area contributed by atoms with Crippen LogP contribution >= 0.6 is 0 Å². The summed E-state index contributed by atoms with van der Waals surface area (Å²) in [5.41, 5.74) is 0.524. The molecule has 4 N–H and O–H groups in total. The van der Waals surface area contributed by atoms with Crippen LogP contribution in [0.5, 0.6) is 5.75 Å². The second kappa shape index (κ2) is 3.33. The van der Waals surface area contributed by atoms with Gasteiger partial charge in [-0.3, -0.25) is 5.84 Å². The maximum absolute atomic E-state index is 11.2. The first-order valence-electron chi connectivity index (χ1n) is 3.49. The predicted molar refractivity (Wildman–Crippen MR) is 47.4 cm³/mol. The summed E-state index contributed by atoms with van der Waals surface area (Å²) >= 11 is 0. The van der Waals surface area contributed by atoms with E-state index in [9.17, 15) is 8.42 Å². The quantitative estimate of drug-likeness (QED) is 0.459. The fraction of sp³-hybridized carbons (Fsp3) is 0.143. The largest absolute Gasteiger partial charge is 0.508 e. The Bertz CT molecular complexity index is 414. The van der Waals surface area contributed by atoms with Crippen LogP contribution in [0.1, 0.15) is 5.56 Å². The lowest BCUT2D eigenvalue weighted by molar-refractivity contribution is 0.472. The summed E-state index contributed by atoms with van der Waals surface area (Å²) < 4.78 is 22.5. The van der Waals surface area contributed by atoms with Crippen LogP contribution in [0.2, 0.25) is 0 Å². The summed E-state index contributed by atoms with van der Waals surface area (Å²) in [5, 5.41) is 9.06. The first kappa shape index (κ1) is 9.97. The highest BCUT2D eigenvalue weighted by atomic mass is 32.2. The number of phenolic OH excluding ortho intramolecular Hbond substituents is 1. The van der Waals surface area contributed by atoms with Gasteiger partial charge in [-0.15, -0.1) is 0 Å². The summed E-state index contributed by atoms with van der Waals surface area (Å²) in [7, 11) is -3.68. The van der Waals surface area contributed by atoms with Gasteiger partial charge in [-0.25, -0.2) is 8.42 Å². The van der Waals surface area contributed by atoms with Crippen molar-refractivity contribution < 1.29 is 13.5 Å². The summed E-state index contributed by atoms with van der Waals surface area (Å²) in [4.78, 5) is 1.67. The Morgan fingerprint density at radius 1 is 1.46 bits per heavy atom. The molecular weight excluding hydrogens is 192 g/mol. The predicted octanol–water partition coefficient (Wildman–Crippen LogP) is -0.147. The van der Waals surface area contributed by atoms with Crippen LogP contribution in [-0.2, 0) is 10.0 Å². The molecule has 1 aromatic rings. The number of hydrazine groups is 1. The molecule has 0 atom stereocenters. The number of hydrogen-bond acceptors (Lipinski definition) is 4. The Hall–Kier alpha value is -1.11. The molecule has 0 radical (unpaired) electrons. The van der Waals surface area contributed by atoms with Gasteiger partial charge in [0.15, 0.2) is 0 Å². The third-order valence-corrected chi connectivity index (χ3v) is 2.95. The van der Waals surface area contributed by atoms with Gasteiger partial charge < -0.3 is 5.11 Å². The van der Waals surface area contributed by atoms with Gasteiger partial charge in [-0.05, 0) is 18.6 Å². The SMILES string of the molecule is Cc1ccc(O)cc1S(=O)(=O)NN. The van der Waals surface area contributed by atoms with Crippen LogP contribution in [0.25, 0.3) is 0 Å². The standard InChI is InChI=1S/C7H10N2O3S/c1-5-2-3-6(10)4-7(5)13(11,12)9-8/h2-4,9-10H,8H2,1H3. The van der Waals surface area contributed by atoms with Gasteiger partial charge in [0.05, 0.1) is 4.90 Å². The number of hydrogen-bond donors (Lipinski definition) is 3. The molecule has 1 aromatic carbocycles. The highest BCUT2D eigenvalue weighted by molar-refractivity contribution is 7.89. The molecule has 0 aliphatic rings. The average molecular weight is 202 g/mol. The number of rotatable bonds is 2. The number of benzene rings is 1. The molecule has 0 unspecified atom stereocenters. The first-order valence-corrected chi connectivity index (χ1v) is 4.98. The van der Waals surface area contributed by atoms with Crippen LogP contribution in [0.3, 0.4) is 0 Å². The fourth-order valence-electron chi connectivity index (χ4n) is 0.942. The third-order valence-electron chi connectivity index (χ3n) is 1.62. The van der Waals surface area contributed by atoms with Crippen LogP contribution in [0.4, 0.5) is 0 Å². The van der Waals surface area contributed by atoms with Crippen molar-refractivity contribution in [2.24, 2.45) is 5.84 Å². The van der Waals surface area contributed by atoms with Crippen LogP contribution in [0.15, 0.2) is 23.1 Å². The van der Waals surface area contributed by atoms with Crippen molar-refractivity contribution >= 4 is 10.0 Å². The van der Waals surface area contributed by atoms with E-state index in [1.54, 1.807) is 11.8 Å². The van der Waals surface area contributed by atoms with Crippen LogP contribution in [-0.4, -0.2) is 13.5 Å². The Morgan fingerprint density at radius 3 is 2.62 bits per heavy atom. The second-order valence-corrected chi connectivity index (χ2v) is 4.25. The van der Waals surface area contributed by atoms with Crippen molar-refractivity contribution in [3.05, 3.63) is 23.8 Å². The minimum Gasteiger partial charge on any atom is -0.508 e. The zero-order valence-electron chi connectivity index (χ0n) is 6.98. The molecule has 0 fully saturated rings. The van der Waals surface area contributed by atoms with E-state index in [-0.39, 0.29) is 10.6 Å². The normalized spacial score (nSPS) is 11.5. The molecule has 0 spiro atoms. The van der Waals surface area contributed by atoms with Gasteiger partial charge in [-0.2, -0.15) is 4.83 Å². The zero-order valence-corrected chi connectivity index (χ0v) is 7.80. The van der Waals surface area contributed by atoms with Crippen LogP contribution in [0, 0.1) is 6.92 Å². The summed E-state index contributed by atoms with van der Waals surface area (Å²) in [6, 6.07) is 4.05. The van der Waals surface area contributed by atoms with Gasteiger partial charge in [0.2, 0.25) is 0 Å². The number of nitrogens with two attached hydrogens (primary N) is 1. The maximum Gasteiger partial charge on any atom is 0.253 e. The first-order chi connectivity index (χ1) is 5.97. The molecule has 72 valence electrons. The molecule has 1 rings (SSSR count). The number of aryl methyl sites for hydroxylation is 1. The molecule has 0 aliphatic carbocycles. The average Bonchev–Trinajstić information content (AvgIpc) is 2.09. The molecule has 0 saturated heterocycles. The second-order valence-electron chi connectivity index (χ2n) is 2.57. The lowest BCUT2D eigenvalue weighted by atomic mass is 10.2. The van der Waals surface area contributed by atoms with Gasteiger partial charge in [-0.1, -0.05) is 6.07 Å². The Labute approximate surface area is 76.2 Å². The van der Waals surface area contributed by atoms with Gasteiger partial charge in [0.1, 0.15) is 5.75 Å². The summed E-state index contributed by atoms with van der Waals surface area (Å²) in [6.45, 7) is 1.61. The molecule has 0 saturated carbocycles. The molecule has 0 aliphatic heterocycles. The van der Waals surface area contributed by atoms with Crippen molar-refractivity contribution in [1.29, 1.82) is 0 Å². The lowest BCUT2D eigenvalue weighted by Crippen LogP contribution is -2.30. The van der Waals surface area contributed by atoms with E-state index in [1.165, 1.54) is 12.1 Å². The van der Waals surface area contributed by atoms with Crippen LogP contribution < -0.4 is 10.7 Å². The van der Waals surface area contributed by atoms with Gasteiger partial charge in [0, 0.05) is 6.07 Å². The maximum atomic E-state index is 11.2. The minimum absolute atomic E-state index is 0.0185. The molecule has 6 heteroatoms. The lowest BCUT2D eigenvalue weighted by Gasteiger charge is -2.05. The molecule has 0 amide bonds. The summed E-state index contributed by atoms with van der Waals surface area (Å²) in [6.07, 6.45) is 0. The van der Waals surface area contributed by atoms with E-state index in [4.69, 9.17) is 10.9 Å². The molecule has 0 heterocycles. The minimum atomic E-state index is -3.68. The zero-order chi connectivity index (χ0) is 10.1. The van der Waals surface area contributed by atoms with E-state index < -0.39 is 10.0 Å². The number of phenols is 1. The van der Waals surface area contributed by atoms with E-state index in [2.05, 4.69) is 0 Å². The molecule has 0 aromatic heterocycles. The number of aromatic hydroxyl groups is 1. The van der Waals surface area contributed by atoms with Crippen molar-refractivity contribution in [3.63, 3.8) is 0 Å². The van der Waals surface area contributed by atoms with E-state index in [0.717, 1.165) is 6.07 Å². The van der Waals surface area contributed by atoms with Crippen molar-refractivity contribution in [2.75, 3.05) is 0 Å². The smallest absolute Gasteiger partial charge is 0.253 e. The van der Waals surface area contributed by atoms with E-state index in [1.807, 2.05) is 0 Å². The Kier molecular flexibility index (Phi) is 2.55. The molecule has 0 bridgehead atoms. The van der Waals surface area contributed by atoms with E-state index in [0.29, 0.717) is 5.56 Å². The topological polar surface area (TPSA) is 92.4 Å². The monoisotopic (exact) mass is 202 g/mol.